The molecule has 0 atom stereocenters. The SMILES string of the molecule is COc1ccnc(CNC(C)(C)C(=O)O)c1OC. The van der Waals surface area contributed by atoms with Gasteiger partial charge < -0.3 is 14.6 Å². The number of methoxy groups -OCH3 is 2. The molecule has 0 saturated heterocycles. The monoisotopic (exact) mass is 254 g/mol. The summed E-state index contributed by atoms with van der Waals surface area (Å²) in [6, 6.07) is 1.69. The number of nitrogens with one attached hydrogen (secondary N) is 1. The minimum atomic E-state index is -1.03. The fraction of sp³-hybridized carbons (Fsp3) is 0.500. The van der Waals surface area contributed by atoms with Gasteiger partial charge in [-0.05, 0) is 13.8 Å². The van der Waals surface area contributed by atoms with Crippen molar-refractivity contribution in [2.75, 3.05) is 14.2 Å². The molecule has 1 aromatic rings. The Morgan fingerprint density at radius 2 is 2.11 bits per heavy atom. The van der Waals surface area contributed by atoms with E-state index in [4.69, 9.17) is 14.6 Å². The number of carboxylic acids is 1. The molecule has 0 spiro atoms. The van der Waals surface area contributed by atoms with Gasteiger partial charge in [0, 0.05) is 18.8 Å². The van der Waals surface area contributed by atoms with Gasteiger partial charge in [0.1, 0.15) is 5.54 Å². The lowest BCUT2D eigenvalue weighted by molar-refractivity contribution is -0.143. The summed E-state index contributed by atoms with van der Waals surface area (Å²) in [5, 5.41) is 11.9. The van der Waals surface area contributed by atoms with Crippen LogP contribution in [0, 0.1) is 0 Å². The first-order valence-corrected chi connectivity index (χ1v) is 5.46. The van der Waals surface area contributed by atoms with Gasteiger partial charge in [-0.1, -0.05) is 0 Å². The number of hydrogen-bond acceptors (Lipinski definition) is 5. The van der Waals surface area contributed by atoms with E-state index >= 15 is 0 Å². The lowest BCUT2D eigenvalue weighted by Gasteiger charge is -2.21. The van der Waals surface area contributed by atoms with E-state index in [9.17, 15) is 4.79 Å². The summed E-state index contributed by atoms with van der Waals surface area (Å²) in [7, 11) is 3.06. The summed E-state index contributed by atoms with van der Waals surface area (Å²) in [5.41, 5.74) is -0.429. The van der Waals surface area contributed by atoms with Crippen molar-refractivity contribution in [2.45, 2.75) is 25.9 Å². The normalized spacial score (nSPS) is 11.1. The number of carboxylic acid groups (broad SMARTS) is 1. The average Bonchev–Trinajstić information content (AvgIpc) is 2.35. The second kappa shape index (κ2) is 5.68. The maximum Gasteiger partial charge on any atom is 0.323 e. The zero-order chi connectivity index (χ0) is 13.8. The van der Waals surface area contributed by atoms with Crippen LogP contribution in [0.15, 0.2) is 12.3 Å². The van der Waals surface area contributed by atoms with E-state index in [1.54, 1.807) is 26.1 Å². The van der Waals surface area contributed by atoms with Gasteiger partial charge in [-0.25, -0.2) is 0 Å². The van der Waals surface area contributed by atoms with Gasteiger partial charge >= 0.3 is 5.97 Å². The second-order valence-electron chi connectivity index (χ2n) is 4.28. The molecule has 0 fully saturated rings. The van der Waals surface area contributed by atoms with Crippen LogP contribution in [0.25, 0.3) is 0 Å². The predicted molar refractivity (Wildman–Crippen MR) is 65.9 cm³/mol. The molecule has 0 radical (unpaired) electrons. The molecule has 2 N–H and O–H groups in total. The Morgan fingerprint density at radius 1 is 1.44 bits per heavy atom. The average molecular weight is 254 g/mol. The van der Waals surface area contributed by atoms with Crippen molar-refractivity contribution < 1.29 is 19.4 Å². The lowest BCUT2D eigenvalue weighted by atomic mass is 10.1. The van der Waals surface area contributed by atoms with Gasteiger partial charge in [-0.2, -0.15) is 0 Å². The Morgan fingerprint density at radius 3 is 2.61 bits per heavy atom. The second-order valence-corrected chi connectivity index (χ2v) is 4.28. The van der Waals surface area contributed by atoms with E-state index in [0.29, 0.717) is 17.2 Å². The van der Waals surface area contributed by atoms with E-state index in [0.717, 1.165) is 0 Å². The van der Waals surface area contributed by atoms with E-state index < -0.39 is 11.5 Å². The highest BCUT2D eigenvalue weighted by molar-refractivity contribution is 5.77. The van der Waals surface area contributed by atoms with Crippen molar-refractivity contribution in [3.8, 4) is 11.5 Å². The summed E-state index contributed by atoms with van der Waals surface area (Å²) < 4.78 is 10.4. The maximum atomic E-state index is 11.0. The molecule has 0 aromatic carbocycles. The van der Waals surface area contributed by atoms with Crippen LogP contribution in [0.1, 0.15) is 19.5 Å². The van der Waals surface area contributed by atoms with E-state index in [2.05, 4.69) is 10.3 Å². The summed E-state index contributed by atoms with van der Waals surface area (Å²) in [4.78, 5) is 15.1. The molecule has 0 amide bonds. The lowest BCUT2D eigenvalue weighted by Crippen LogP contribution is -2.46. The third-order valence-corrected chi connectivity index (χ3v) is 2.60. The third kappa shape index (κ3) is 3.10. The Labute approximate surface area is 106 Å². The molecule has 1 rings (SSSR count). The Balaban J connectivity index is 2.88. The molecule has 100 valence electrons. The maximum absolute atomic E-state index is 11.0. The molecule has 1 aromatic heterocycles. The highest BCUT2D eigenvalue weighted by Crippen LogP contribution is 2.29. The zero-order valence-corrected chi connectivity index (χ0v) is 11.0. The third-order valence-electron chi connectivity index (χ3n) is 2.60. The van der Waals surface area contributed by atoms with Crippen molar-refractivity contribution in [1.29, 1.82) is 0 Å². The zero-order valence-electron chi connectivity index (χ0n) is 11.0. The summed E-state index contributed by atoms with van der Waals surface area (Å²) >= 11 is 0. The van der Waals surface area contributed by atoms with E-state index in [1.807, 2.05) is 0 Å². The number of rotatable bonds is 6. The summed E-state index contributed by atoms with van der Waals surface area (Å²) in [6.45, 7) is 3.45. The van der Waals surface area contributed by atoms with Crippen molar-refractivity contribution in [3.05, 3.63) is 18.0 Å². The molecule has 18 heavy (non-hydrogen) atoms. The first-order chi connectivity index (χ1) is 8.42. The molecule has 0 aliphatic rings. The van der Waals surface area contributed by atoms with Crippen LogP contribution in [0.2, 0.25) is 0 Å². The summed E-state index contributed by atoms with van der Waals surface area (Å²) in [5.74, 6) is 0.149. The van der Waals surface area contributed by atoms with Crippen LogP contribution < -0.4 is 14.8 Å². The first kappa shape index (κ1) is 14.2. The van der Waals surface area contributed by atoms with E-state index in [1.165, 1.54) is 14.2 Å². The van der Waals surface area contributed by atoms with Crippen LogP contribution >= 0.6 is 0 Å². The van der Waals surface area contributed by atoms with Gasteiger partial charge in [0.25, 0.3) is 0 Å². The number of aliphatic carboxylic acids is 1. The molecule has 0 unspecified atom stereocenters. The van der Waals surface area contributed by atoms with Crippen LogP contribution in [-0.4, -0.2) is 35.8 Å². The standard InChI is InChI=1S/C12H18N2O4/c1-12(2,11(15)16)14-7-8-10(18-4)9(17-3)5-6-13-8/h5-6,14H,7H2,1-4H3,(H,15,16). The fourth-order valence-electron chi connectivity index (χ4n) is 1.36. The molecule has 0 aliphatic carbocycles. The van der Waals surface area contributed by atoms with Crippen LogP contribution in [0.5, 0.6) is 11.5 Å². The molecule has 6 heteroatoms. The quantitative estimate of drug-likeness (QED) is 0.790. The minimum Gasteiger partial charge on any atom is -0.493 e. The van der Waals surface area contributed by atoms with Gasteiger partial charge in [0.2, 0.25) is 0 Å². The molecule has 1 heterocycles. The Kier molecular flexibility index (Phi) is 4.49. The number of aromatic nitrogens is 1. The number of ether oxygens (including phenoxy) is 2. The molecular formula is C12H18N2O4. The minimum absolute atomic E-state index is 0.277. The molecule has 0 saturated carbocycles. The fourth-order valence-corrected chi connectivity index (χ4v) is 1.36. The van der Waals surface area contributed by atoms with E-state index in [-0.39, 0.29) is 6.54 Å². The highest BCUT2D eigenvalue weighted by atomic mass is 16.5. The molecule has 0 aliphatic heterocycles. The summed E-state index contributed by atoms with van der Waals surface area (Å²) in [6.07, 6.45) is 1.59. The Hall–Kier alpha value is -1.82. The largest absolute Gasteiger partial charge is 0.493 e. The Bertz CT molecular complexity index is 432. The number of pyridine rings is 1. The number of nitrogens with zero attached hydrogens (tertiary/aromatic N) is 1. The van der Waals surface area contributed by atoms with Gasteiger partial charge in [0.15, 0.2) is 11.5 Å². The van der Waals surface area contributed by atoms with Crippen molar-refractivity contribution >= 4 is 5.97 Å². The molecule has 6 nitrogen and oxygen atoms in total. The van der Waals surface area contributed by atoms with Gasteiger partial charge in [0.05, 0.1) is 19.9 Å². The van der Waals surface area contributed by atoms with Crippen molar-refractivity contribution in [1.82, 2.24) is 10.3 Å². The van der Waals surface area contributed by atoms with Crippen molar-refractivity contribution in [2.24, 2.45) is 0 Å². The smallest absolute Gasteiger partial charge is 0.323 e. The number of hydrogen-bond donors (Lipinski definition) is 2. The topological polar surface area (TPSA) is 80.7 Å². The van der Waals surface area contributed by atoms with Crippen LogP contribution in [0.3, 0.4) is 0 Å². The van der Waals surface area contributed by atoms with Crippen molar-refractivity contribution in [3.63, 3.8) is 0 Å². The van der Waals surface area contributed by atoms with Crippen LogP contribution in [-0.2, 0) is 11.3 Å². The highest BCUT2D eigenvalue weighted by Gasteiger charge is 2.26. The first-order valence-electron chi connectivity index (χ1n) is 5.46. The molecule has 0 bridgehead atoms. The van der Waals surface area contributed by atoms with Gasteiger partial charge in [-0.3, -0.25) is 15.1 Å². The van der Waals surface area contributed by atoms with Crippen LogP contribution in [0.4, 0.5) is 0 Å². The predicted octanol–water partition coefficient (Wildman–Crippen LogP) is 1.05. The number of carbonyl (C=O) groups is 1. The molecular weight excluding hydrogens is 236 g/mol. The van der Waals surface area contributed by atoms with Gasteiger partial charge in [-0.15, -0.1) is 0 Å².